The van der Waals surface area contributed by atoms with Gasteiger partial charge in [-0.15, -0.1) is 0 Å². The largest absolute Gasteiger partial charge is 0.460 e. The van der Waals surface area contributed by atoms with E-state index in [1.807, 2.05) is 51.1 Å². The van der Waals surface area contributed by atoms with Crippen molar-refractivity contribution in [2.75, 3.05) is 13.1 Å². The molecule has 23 heavy (non-hydrogen) atoms. The van der Waals surface area contributed by atoms with Crippen molar-refractivity contribution in [2.24, 2.45) is 5.92 Å². The summed E-state index contributed by atoms with van der Waals surface area (Å²) in [7, 11) is 0. The average molecular weight is 319 g/mol. The van der Waals surface area contributed by atoms with Crippen molar-refractivity contribution < 1.29 is 19.1 Å². The number of benzene rings is 1. The van der Waals surface area contributed by atoms with Crippen molar-refractivity contribution in [3.05, 3.63) is 35.9 Å². The number of nitrogens with zero attached hydrogens (tertiary/aromatic N) is 1. The summed E-state index contributed by atoms with van der Waals surface area (Å²) in [5.41, 5.74) is 0.439. The molecule has 0 unspecified atom stereocenters. The van der Waals surface area contributed by atoms with Crippen molar-refractivity contribution in [2.45, 2.75) is 45.8 Å². The third-order valence-corrected chi connectivity index (χ3v) is 3.62. The van der Waals surface area contributed by atoms with E-state index in [0.29, 0.717) is 13.1 Å². The Kier molecular flexibility index (Phi) is 5.64. The summed E-state index contributed by atoms with van der Waals surface area (Å²) in [6, 6.07) is 9.55. The number of esters is 1. The summed E-state index contributed by atoms with van der Waals surface area (Å²) in [5, 5.41) is 0. The van der Waals surface area contributed by atoms with Crippen LogP contribution in [-0.2, 0) is 20.9 Å². The first kappa shape index (κ1) is 17.3. The maximum Gasteiger partial charge on any atom is 0.410 e. The molecular formula is C18H25NO4. The van der Waals surface area contributed by atoms with Crippen LogP contribution in [0.15, 0.2) is 30.3 Å². The van der Waals surface area contributed by atoms with Crippen molar-refractivity contribution in [1.82, 2.24) is 4.90 Å². The quantitative estimate of drug-likeness (QED) is 0.802. The SMILES string of the molecule is CC(C)(C)OC(=O)[C@@H]1CCCN(C(=O)OCc2ccccc2)C1. The number of piperidine rings is 1. The number of rotatable bonds is 3. The van der Waals surface area contributed by atoms with Gasteiger partial charge >= 0.3 is 12.1 Å². The first-order valence-electron chi connectivity index (χ1n) is 8.03. The molecule has 1 aromatic rings. The number of amides is 1. The van der Waals surface area contributed by atoms with E-state index in [4.69, 9.17) is 9.47 Å². The van der Waals surface area contributed by atoms with E-state index >= 15 is 0 Å². The molecule has 5 heteroatoms. The van der Waals surface area contributed by atoms with Crippen LogP contribution in [0.3, 0.4) is 0 Å². The summed E-state index contributed by atoms with van der Waals surface area (Å²) in [6.45, 7) is 6.77. The molecule has 0 saturated carbocycles. The highest BCUT2D eigenvalue weighted by Crippen LogP contribution is 2.21. The second-order valence-corrected chi connectivity index (χ2v) is 6.86. The van der Waals surface area contributed by atoms with Gasteiger partial charge in [0, 0.05) is 13.1 Å². The standard InChI is InChI=1S/C18H25NO4/c1-18(2,3)23-16(20)15-10-7-11-19(12-15)17(21)22-13-14-8-5-4-6-9-14/h4-6,8-9,15H,7,10-13H2,1-3H3/t15-/m1/s1. The molecule has 2 rings (SSSR count). The Morgan fingerprint density at radius 2 is 1.91 bits per heavy atom. The monoisotopic (exact) mass is 319 g/mol. The Morgan fingerprint density at radius 3 is 2.57 bits per heavy atom. The van der Waals surface area contributed by atoms with Crippen LogP contribution in [-0.4, -0.2) is 35.7 Å². The predicted octanol–water partition coefficient (Wildman–Crippen LogP) is 3.38. The minimum absolute atomic E-state index is 0.238. The van der Waals surface area contributed by atoms with Crippen LogP contribution >= 0.6 is 0 Å². The summed E-state index contributed by atoms with van der Waals surface area (Å²) in [6.07, 6.45) is 1.16. The van der Waals surface area contributed by atoms with Crippen LogP contribution in [0.2, 0.25) is 0 Å². The predicted molar refractivity (Wildman–Crippen MR) is 86.8 cm³/mol. The Hall–Kier alpha value is -2.04. The van der Waals surface area contributed by atoms with Crippen LogP contribution in [0.4, 0.5) is 4.79 Å². The van der Waals surface area contributed by atoms with E-state index in [1.165, 1.54) is 0 Å². The Morgan fingerprint density at radius 1 is 1.22 bits per heavy atom. The molecule has 0 aromatic heterocycles. The van der Waals surface area contributed by atoms with Gasteiger partial charge in [0.2, 0.25) is 0 Å². The lowest BCUT2D eigenvalue weighted by atomic mass is 9.98. The van der Waals surface area contributed by atoms with Crippen molar-refractivity contribution in [3.63, 3.8) is 0 Å². The summed E-state index contributed by atoms with van der Waals surface area (Å²) in [4.78, 5) is 25.9. The van der Waals surface area contributed by atoms with Crippen LogP contribution in [0.25, 0.3) is 0 Å². The van der Waals surface area contributed by atoms with E-state index < -0.39 is 5.60 Å². The maximum atomic E-state index is 12.2. The highest BCUT2D eigenvalue weighted by Gasteiger charge is 2.32. The lowest BCUT2D eigenvalue weighted by molar-refractivity contribution is -0.161. The summed E-state index contributed by atoms with van der Waals surface area (Å²) in [5.74, 6) is -0.509. The van der Waals surface area contributed by atoms with Gasteiger partial charge in [0.25, 0.3) is 0 Å². The molecule has 0 spiro atoms. The highest BCUT2D eigenvalue weighted by molar-refractivity contribution is 5.75. The molecule has 1 amide bonds. The fourth-order valence-electron chi connectivity index (χ4n) is 2.53. The zero-order valence-corrected chi connectivity index (χ0v) is 14.1. The molecule has 0 bridgehead atoms. The number of hydrogen-bond donors (Lipinski definition) is 0. The minimum Gasteiger partial charge on any atom is -0.460 e. The van der Waals surface area contributed by atoms with Crippen LogP contribution in [0.1, 0.15) is 39.2 Å². The Bertz CT molecular complexity index is 536. The number of hydrogen-bond acceptors (Lipinski definition) is 4. The van der Waals surface area contributed by atoms with Gasteiger partial charge in [0.15, 0.2) is 0 Å². The van der Waals surface area contributed by atoms with Crippen LogP contribution in [0.5, 0.6) is 0 Å². The molecule has 0 N–H and O–H groups in total. The smallest absolute Gasteiger partial charge is 0.410 e. The van der Waals surface area contributed by atoms with Gasteiger partial charge in [-0.2, -0.15) is 0 Å². The number of carbonyl (C=O) groups excluding carboxylic acids is 2. The Labute approximate surface area is 137 Å². The molecular weight excluding hydrogens is 294 g/mol. The average Bonchev–Trinajstić information content (AvgIpc) is 2.52. The summed E-state index contributed by atoms with van der Waals surface area (Å²) >= 11 is 0. The molecule has 1 fully saturated rings. The van der Waals surface area contributed by atoms with Gasteiger partial charge in [-0.3, -0.25) is 4.79 Å². The minimum atomic E-state index is -0.507. The van der Waals surface area contributed by atoms with Gasteiger partial charge in [0.1, 0.15) is 12.2 Å². The first-order chi connectivity index (χ1) is 10.8. The maximum absolute atomic E-state index is 12.2. The lowest BCUT2D eigenvalue weighted by Gasteiger charge is -2.32. The Balaban J connectivity index is 1.85. The second kappa shape index (κ2) is 7.49. The van der Waals surface area contributed by atoms with E-state index in [9.17, 15) is 9.59 Å². The molecule has 0 aliphatic carbocycles. The van der Waals surface area contributed by atoms with Crippen molar-refractivity contribution >= 4 is 12.1 Å². The normalized spacial score (nSPS) is 18.4. The summed E-state index contributed by atoms with van der Waals surface area (Å²) < 4.78 is 10.7. The van der Waals surface area contributed by atoms with E-state index in [1.54, 1.807) is 4.90 Å². The molecule has 0 radical (unpaired) electrons. The van der Waals surface area contributed by atoms with Gasteiger partial charge in [-0.25, -0.2) is 4.79 Å². The number of ether oxygens (including phenoxy) is 2. The number of likely N-dealkylation sites (tertiary alicyclic amines) is 1. The van der Waals surface area contributed by atoms with Crippen molar-refractivity contribution in [1.29, 1.82) is 0 Å². The molecule has 1 aromatic carbocycles. The fraction of sp³-hybridized carbons (Fsp3) is 0.556. The van der Waals surface area contributed by atoms with E-state index in [0.717, 1.165) is 18.4 Å². The molecule has 5 nitrogen and oxygen atoms in total. The van der Waals surface area contributed by atoms with Crippen molar-refractivity contribution in [3.8, 4) is 0 Å². The molecule has 126 valence electrons. The van der Waals surface area contributed by atoms with Crippen LogP contribution in [0, 0.1) is 5.92 Å². The topological polar surface area (TPSA) is 55.8 Å². The zero-order valence-electron chi connectivity index (χ0n) is 14.1. The van der Waals surface area contributed by atoms with Gasteiger partial charge in [-0.1, -0.05) is 30.3 Å². The highest BCUT2D eigenvalue weighted by atomic mass is 16.6. The zero-order chi connectivity index (χ0) is 16.9. The van der Waals surface area contributed by atoms with Gasteiger partial charge < -0.3 is 14.4 Å². The molecule has 1 aliphatic rings. The fourth-order valence-corrected chi connectivity index (χ4v) is 2.53. The lowest BCUT2D eigenvalue weighted by Crippen LogP contribution is -2.44. The van der Waals surface area contributed by atoms with E-state index in [2.05, 4.69) is 0 Å². The van der Waals surface area contributed by atoms with E-state index in [-0.39, 0.29) is 24.6 Å². The third-order valence-electron chi connectivity index (χ3n) is 3.62. The first-order valence-corrected chi connectivity index (χ1v) is 8.03. The molecule has 1 aliphatic heterocycles. The van der Waals surface area contributed by atoms with Crippen LogP contribution < -0.4 is 0 Å². The number of carbonyl (C=O) groups is 2. The third kappa shape index (κ3) is 5.58. The van der Waals surface area contributed by atoms with Gasteiger partial charge in [-0.05, 0) is 39.2 Å². The molecule has 1 atom stereocenters. The molecule has 1 saturated heterocycles. The second-order valence-electron chi connectivity index (χ2n) is 6.86. The molecule has 1 heterocycles. The van der Waals surface area contributed by atoms with Gasteiger partial charge in [0.05, 0.1) is 5.92 Å².